The van der Waals surface area contributed by atoms with Crippen LogP contribution in [0.15, 0.2) is 62.8 Å². The minimum absolute atomic E-state index is 0.00939. The van der Waals surface area contributed by atoms with Crippen molar-refractivity contribution in [1.29, 1.82) is 0 Å². The van der Waals surface area contributed by atoms with E-state index in [9.17, 15) is 14.7 Å². The number of fused-ring (bicyclic) bond motifs is 1. The van der Waals surface area contributed by atoms with E-state index in [1.54, 1.807) is 6.92 Å². The van der Waals surface area contributed by atoms with Gasteiger partial charge in [0, 0.05) is 19.4 Å². The standard InChI is InChI=1S/C21H18N2O4/c1-12-9-19(25)20(21(26)27-12)17-11-18(23(22-17)13(2)24)16-8-7-14-5-3-4-6-15(14)10-16/h3-10,18,25H,11H2,1-2H3/t18-/m1/s1. The molecule has 136 valence electrons. The minimum Gasteiger partial charge on any atom is -0.507 e. The van der Waals surface area contributed by atoms with Gasteiger partial charge >= 0.3 is 5.63 Å². The Morgan fingerprint density at radius 3 is 2.63 bits per heavy atom. The third-order valence-electron chi connectivity index (χ3n) is 4.73. The van der Waals surface area contributed by atoms with E-state index in [0.717, 1.165) is 16.3 Å². The van der Waals surface area contributed by atoms with Gasteiger partial charge in [-0.3, -0.25) is 4.79 Å². The second-order valence-electron chi connectivity index (χ2n) is 6.64. The normalized spacial score (nSPS) is 16.6. The molecule has 6 heteroatoms. The van der Waals surface area contributed by atoms with Crippen LogP contribution in [-0.2, 0) is 4.79 Å². The molecule has 6 nitrogen and oxygen atoms in total. The molecular weight excluding hydrogens is 344 g/mol. The molecule has 0 saturated carbocycles. The van der Waals surface area contributed by atoms with Crippen molar-refractivity contribution in [2.45, 2.75) is 26.3 Å². The van der Waals surface area contributed by atoms with Crippen molar-refractivity contribution in [2.75, 3.05) is 0 Å². The Morgan fingerprint density at radius 2 is 1.93 bits per heavy atom. The van der Waals surface area contributed by atoms with Crippen LogP contribution in [0, 0.1) is 6.92 Å². The zero-order chi connectivity index (χ0) is 19.1. The maximum Gasteiger partial charge on any atom is 0.348 e. The molecule has 1 N–H and O–H groups in total. The van der Waals surface area contributed by atoms with E-state index in [4.69, 9.17) is 4.42 Å². The van der Waals surface area contributed by atoms with E-state index >= 15 is 0 Å². The molecule has 0 saturated heterocycles. The molecule has 0 spiro atoms. The lowest BCUT2D eigenvalue weighted by molar-refractivity contribution is -0.130. The molecule has 1 amide bonds. The summed E-state index contributed by atoms with van der Waals surface area (Å²) in [5.41, 5.74) is 0.609. The average Bonchev–Trinajstić information content (AvgIpc) is 3.05. The molecule has 0 bridgehead atoms. The fourth-order valence-corrected chi connectivity index (χ4v) is 3.49. The lowest BCUT2D eigenvalue weighted by atomic mass is 9.96. The number of amides is 1. The van der Waals surface area contributed by atoms with Gasteiger partial charge in [-0.1, -0.05) is 36.4 Å². The highest BCUT2D eigenvalue weighted by Crippen LogP contribution is 2.35. The van der Waals surface area contributed by atoms with Gasteiger partial charge in [-0.2, -0.15) is 5.10 Å². The molecule has 1 aromatic heterocycles. The largest absolute Gasteiger partial charge is 0.507 e. The highest BCUT2D eigenvalue weighted by Gasteiger charge is 2.34. The van der Waals surface area contributed by atoms with Gasteiger partial charge in [-0.25, -0.2) is 9.80 Å². The van der Waals surface area contributed by atoms with Gasteiger partial charge in [0.2, 0.25) is 5.91 Å². The van der Waals surface area contributed by atoms with E-state index in [2.05, 4.69) is 5.10 Å². The summed E-state index contributed by atoms with van der Waals surface area (Å²) in [6, 6.07) is 15.0. The number of rotatable bonds is 2. The summed E-state index contributed by atoms with van der Waals surface area (Å²) < 4.78 is 5.10. The van der Waals surface area contributed by atoms with Gasteiger partial charge in [0.05, 0.1) is 11.8 Å². The molecule has 0 unspecified atom stereocenters. The minimum atomic E-state index is -0.658. The summed E-state index contributed by atoms with van der Waals surface area (Å²) in [4.78, 5) is 24.4. The van der Waals surface area contributed by atoms with Crippen LogP contribution < -0.4 is 5.63 Å². The first-order valence-electron chi connectivity index (χ1n) is 8.64. The van der Waals surface area contributed by atoms with Crippen LogP contribution >= 0.6 is 0 Å². The molecule has 0 radical (unpaired) electrons. The fourth-order valence-electron chi connectivity index (χ4n) is 3.49. The highest BCUT2D eigenvalue weighted by atomic mass is 16.4. The monoisotopic (exact) mass is 362 g/mol. The Morgan fingerprint density at radius 1 is 1.19 bits per heavy atom. The van der Waals surface area contributed by atoms with Gasteiger partial charge < -0.3 is 9.52 Å². The van der Waals surface area contributed by atoms with Crippen LogP contribution in [0.2, 0.25) is 0 Å². The van der Waals surface area contributed by atoms with Gasteiger partial charge in [-0.15, -0.1) is 0 Å². The number of benzene rings is 2. The summed E-state index contributed by atoms with van der Waals surface area (Å²) in [6.07, 6.45) is 0.319. The summed E-state index contributed by atoms with van der Waals surface area (Å²) >= 11 is 0. The van der Waals surface area contributed by atoms with E-state index in [1.807, 2.05) is 42.5 Å². The van der Waals surface area contributed by atoms with Gasteiger partial charge in [0.25, 0.3) is 0 Å². The van der Waals surface area contributed by atoms with E-state index < -0.39 is 5.63 Å². The predicted molar refractivity (Wildman–Crippen MR) is 102 cm³/mol. The number of nitrogens with zero attached hydrogens (tertiary/aromatic N) is 2. The Balaban J connectivity index is 1.77. The van der Waals surface area contributed by atoms with Crippen molar-refractivity contribution in [3.8, 4) is 5.75 Å². The van der Waals surface area contributed by atoms with E-state index in [-0.39, 0.29) is 23.3 Å². The van der Waals surface area contributed by atoms with Crippen molar-refractivity contribution >= 4 is 22.4 Å². The number of hydrogen-bond acceptors (Lipinski definition) is 5. The molecule has 1 atom stereocenters. The number of aromatic hydroxyl groups is 1. The highest BCUT2D eigenvalue weighted by molar-refractivity contribution is 6.04. The van der Waals surface area contributed by atoms with Crippen LogP contribution in [0.25, 0.3) is 10.8 Å². The predicted octanol–water partition coefficient (Wildman–Crippen LogP) is 3.50. The van der Waals surface area contributed by atoms with Crippen molar-refractivity contribution in [3.63, 3.8) is 0 Å². The molecular formula is C21H18N2O4. The molecule has 1 aliphatic heterocycles. The van der Waals surface area contributed by atoms with Crippen LogP contribution in [-0.4, -0.2) is 21.7 Å². The molecule has 2 aromatic carbocycles. The molecule has 1 aliphatic rings. The number of carbonyl (C=O) groups is 1. The second-order valence-corrected chi connectivity index (χ2v) is 6.64. The maximum absolute atomic E-state index is 12.2. The Kier molecular flexibility index (Phi) is 4.03. The Hall–Kier alpha value is -3.41. The third kappa shape index (κ3) is 2.99. The summed E-state index contributed by atoms with van der Waals surface area (Å²) in [5.74, 6) is -0.112. The maximum atomic E-state index is 12.2. The first-order valence-corrected chi connectivity index (χ1v) is 8.64. The molecule has 3 aromatic rings. The quantitative estimate of drug-likeness (QED) is 0.756. The molecule has 0 aliphatic carbocycles. The second kappa shape index (κ2) is 6.39. The zero-order valence-corrected chi connectivity index (χ0v) is 15.0. The fraction of sp³-hybridized carbons (Fsp3) is 0.190. The number of aryl methyl sites for hydroxylation is 1. The lowest BCUT2D eigenvalue weighted by Crippen LogP contribution is -2.24. The van der Waals surface area contributed by atoms with Gasteiger partial charge in [0.15, 0.2) is 0 Å². The summed E-state index contributed by atoms with van der Waals surface area (Å²) in [5, 5.41) is 18.1. The zero-order valence-electron chi connectivity index (χ0n) is 15.0. The molecule has 2 heterocycles. The Labute approximate surface area is 155 Å². The smallest absolute Gasteiger partial charge is 0.348 e. The van der Waals surface area contributed by atoms with Crippen LogP contribution in [0.5, 0.6) is 5.75 Å². The van der Waals surface area contributed by atoms with Gasteiger partial charge in [-0.05, 0) is 29.3 Å². The lowest BCUT2D eigenvalue weighted by Gasteiger charge is -2.20. The van der Waals surface area contributed by atoms with Crippen LogP contribution in [0.4, 0.5) is 0 Å². The summed E-state index contributed by atoms with van der Waals surface area (Å²) in [7, 11) is 0. The number of hydrazone groups is 1. The number of carbonyl (C=O) groups excluding carboxylic acids is 1. The topological polar surface area (TPSA) is 83.1 Å². The number of hydrogen-bond donors (Lipinski definition) is 1. The van der Waals surface area contributed by atoms with Crippen molar-refractivity contribution in [2.24, 2.45) is 5.10 Å². The van der Waals surface area contributed by atoms with E-state index in [1.165, 1.54) is 18.0 Å². The third-order valence-corrected chi connectivity index (χ3v) is 4.73. The Bertz CT molecular complexity index is 1150. The first kappa shape index (κ1) is 17.0. The van der Waals surface area contributed by atoms with Crippen molar-refractivity contribution in [3.05, 3.63) is 75.8 Å². The van der Waals surface area contributed by atoms with Crippen molar-refractivity contribution in [1.82, 2.24) is 5.01 Å². The molecule has 27 heavy (non-hydrogen) atoms. The van der Waals surface area contributed by atoms with Crippen molar-refractivity contribution < 1.29 is 14.3 Å². The first-order chi connectivity index (χ1) is 12.9. The molecule has 4 rings (SSSR count). The van der Waals surface area contributed by atoms with Crippen LogP contribution in [0.3, 0.4) is 0 Å². The van der Waals surface area contributed by atoms with Gasteiger partial charge in [0.1, 0.15) is 17.1 Å². The summed E-state index contributed by atoms with van der Waals surface area (Å²) in [6.45, 7) is 3.01. The average molecular weight is 362 g/mol. The SMILES string of the molecule is CC(=O)N1N=C(c2c(O)cc(C)oc2=O)C[C@@H]1c1ccc2ccccc2c1. The molecule has 0 fully saturated rings. The van der Waals surface area contributed by atoms with Crippen LogP contribution in [0.1, 0.15) is 36.3 Å². The van der Waals surface area contributed by atoms with E-state index in [0.29, 0.717) is 17.9 Å².